The van der Waals surface area contributed by atoms with E-state index in [1.54, 1.807) is 39.0 Å². The second-order valence-electron chi connectivity index (χ2n) is 13.4. The lowest BCUT2D eigenvalue weighted by Gasteiger charge is -2.27. The Morgan fingerprint density at radius 1 is 0.787 bits per heavy atom. The van der Waals surface area contributed by atoms with Crippen LogP contribution in [-0.4, -0.2) is 32.8 Å². The quantitative estimate of drug-likeness (QED) is 0.204. The van der Waals surface area contributed by atoms with E-state index in [2.05, 4.69) is 28.2 Å². The minimum Gasteiger partial charge on any atom is -0.444 e. The van der Waals surface area contributed by atoms with Gasteiger partial charge in [-0.15, -0.1) is 0 Å². The largest absolute Gasteiger partial charge is 0.444 e. The lowest BCUT2D eigenvalue weighted by molar-refractivity contribution is 0.0215. The SMILES string of the molecule is CC(C)(C)OC(=O)N(Cc1ccc(F)cc1)Cc1cc2cc3c(cc2[nH]c1=O)CCC3.O=Cc1cc2cc3c(cc2[nH]c1=O)CCC3. The van der Waals surface area contributed by atoms with Crippen molar-refractivity contribution in [1.82, 2.24) is 14.9 Å². The smallest absolute Gasteiger partial charge is 0.410 e. The zero-order valence-corrected chi connectivity index (χ0v) is 26.9. The number of fused-ring (bicyclic) bond motifs is 4. The first-order valence-electron chi connectivity index (χ1n) is 16.0. The Bertz CT molecular complexity index is 2110. The normalized spacial score (nSPS) is 13.5. The van der Waals surface area contributed by atoms with Crippen molar-refractivity contribution < 1.29 is 18.7 Å². The third-order valence-electron chi connectivity index (χ3n) is 8.65. The molecule has 9 heteroatoms. The highest BCUT2D eigenvalue weighted by Gasteiger charge is 2.24. The molecule has 0 aliphatic heterocycles. The highest BCUT2D eigenvalue weighted by atomic mass is 19.1. The van der Waals surface area contributed by atoms with Gasteiger partial charge in [-0.3, -0.25) is 19.3 Å². The number of aldehydes is 1. The van der Waals surface area contributed by atoms with Gasteiger partial charge in [0.05, 0.1) is 12.1 Å². The molecule has 2 aromatic heterocycles. The molecular formula is C38H38FN3O5. The van der Waals surface area contributed by atoms with Gasteiger partial charge < -0.3 is 14.7 Å². The van der Waals surface area contributed by atoms with Gasteiger partial charge >= 0.3 is 6.09 Å². The van der Waals surface area contributed by atoms with Crippen LogP contribution in [0.15, 0.2) is 70.3 Å². The molecule has 0 saturated heterocycles. The van der Waals surface area contributed by atoms with E-state index >= 15 is 0 Å². The van der Waals surface area contributed by atoms with Gasteiger partial charge in [-0.05, 0) is 146 Å². The molecule has 7 rings (SSSR count). The van der Waals surface area contributed by atoms with Crippen LogP contribution in [0.3, 0.4) is 0 Å². The number of aromatic nitrogens is 2. The second-order valence-corrected chi connectivity index (χ2v) is 13.4. The summed E-state index contributed by atoms with van der Waals surface area (Å²) in [6.07, 6.45) is 6.66. The number of aryl methyl sites for hydroxylation is 4. The van der Waals surface area contributed by atoms with Crippen LogP contribution < -0.4 is 11.1 Å². The van der Waals surface area contributed by atoms with Crippen molar-refractivity contribution in [2.75, 3.05) is 0 Å². The summed E-state index contributed by atoms with van der Waals surface area (Å²) in [5.74, 6) is -0.342. The Balaban J connectivity index is 0.000000201. The maximum atomic E-state index is 13.3. The van der Waals surface area contributed by atoms with E-state index in [-0.39, 0.29) is 35.6 Å². The van der Waals surface area contributed by atoms with Crippen molar-refractivity contribution in [2.24, 2.45) is 0 Å². The number of amides is 1. The molecule has 2 N–H and O–H groups in total. The number of benzene rings is 3. The fourth-order valence-corrected chi connectivity index (χ4v) is 6.36. The Morgan fingerprint density at radius 3 is 1.87 bits per heavy atom. The summed E-state index contributed by atoms with van der Waals surface area (Å²) in [4.78, 5) is 55.0. The molecule has 0 spiro atoms. The van der Waals surface area contributed by atoms with Crippen molar-refractivity contribution in [3.8, 4) is 0 Å². The molecule has 0 atom stereocenters. The predicted octanol–water partition coefficient (Wildman–Crippen LogP) is 6.92. The molecule has 1 amide bonds. The van der Waals surface area contributed by atoms with Crippen LogP contribution in [0.5, 0.6) is 0 Å². The van der Waals surface area contributed by atoms with Crippen LogP contribution in [0.2, 0.25) is 0 Å². The van der Waals surface area contributed by atoms with Crippen molar-refractivity contribution in [3.63, 3.8) is 0 Å². The molecule has 3 aromatic carbocycles. The van der Waals surface area contributed by atoms with Gasteiger partial charge in [-0.1, -0.05) is 12.1 Å². The van der Waals surface area contributed by atoms with E-state index in [1.165, 1.54) is 45.7 Å². The van der Waals surface area contributed by atoms with Crippen molar-refractivity contribution in [2.45, 2.75) is 78.0 Å². The molecule has 2 aliphatic carbocycles. The molecule has 0 radical (unpaired) electrons. The van der Waals surface area contributed by atoms with E-state index in [1.807, 2.05) is 12.1 Å². The van der Waals surface area contributed by atoms with Gasteiger partial charge in [-0.25, -0.2) is 9.18 Å². The summed E-state index contributed by atoms with van der Waals surface area (Å²) in [5, 5.41) is 1.91. The maximum Gasteiger partial charge on any atom is 0.410 e. The maximum absolute atomic E-state index is 13.3. The van der Waals surface area contributed by atoms with E-state index in [9.17, 15) is 23.6 Å². The zero-order valence-electron chi connectivity index (χ0n) is 26.9. The Hall–Kier alpha value is -5.05. The Labute approximate surface area is 271 Å². The molecule has 0 saturated carbocycles. The van der Waals surface area contributed by atoms with Crippen LogP contribution in [0.25, 0.3) is 21.8 Å². The fraction of sp³-hybridized carbons (Fsp3) is 0.316. The number of nitrogens with one attached hydrogen (secondary N) is 2. The van der Waals surface area contributed by atoms with Gasteiger partial charge in [0.1, 0.15) is 11.4 Å². The average molecular weight is 636 g/mol. The number of ether oxygens (including phenoxy) is 1. The van der Waals surface area contributed by atoms with E-state index in [0.29, 0.717) is 11.8 Å². The summed E-state index contributed by atoms with van der Waals surface area (Å²) in [7, 11) is 0. The number of carbonyl (C=O) groups is 2. The summed E-state index contributed by atoms with van der Waals surface area (Å²) in [5.41, 5.74) is 7.16. The molecule has 8 nitrogen and oxygen atoms in total. The topological polar surface area (TPSA) is 112 Å². The summed E-state index contributed by atoms with van der Waals surface area (Å²) in [6.45, 7) is 5.69. The van der Waals surface area contributed by atoms with Crippen LogP contribution in [0.1, 0.15) is 77.4 Å². The number of halogens is 1. The predicted molar refractivity (Wildman–Crippen MR) is 180 cm³/mol. The number of nitrogens with zero attached hydrogens (tertiary/aromatic N) is 1. The van der Waals surface area contributed by atoms with Gasteiger partial charge in [-0.2, -0.15) is 0 Å². The Kier molecular flexibility index (Phi) is 8.82. The summed E-state index contributed by atoms with van der Waals surface area (Å²) in [6, 6.07) is 17.8. The average Bonchev–Trinajstić information content (AvgIpc) is 3.67. The van der Waals surface area contributed by atoms with Gasteiger partial charge in [0.25, 0.3) is 11.1 Å². The lowest BCUT2D eigenvalue weighted by Crippen LogP contribution is -2.37. The van der Waals surface area contributed by atoms with Crippen molar-refractivity contribution in [3.05, 3.63) is 126 Å². The lowest BCUT2D eigenvalue weighted by atomic mass is 10.0. The second kappa shape index (κ2) is 13.0. The zero-order chi connectivity index (χ0) is 33.3. The van der Waals surface area contributed by atoms with Gasteiger partial charge in [0, 0.05) is 23.1 Å². The summed E-state index contributed by atoms with van der Waals surface area (Å²) >= 11 is 0. The molecule has 2 heterocycles. The van der Waals surface area contributed by atoms with Gasteiger partial charge in [0.15, 0.2) is 6.29 Å². The molecule has 0 unspecified atom stereocenters. The van der Waals surface area contributed by atoms with Crippen LogP contribution >= 0.6 is 0 Å². The number of hydrogen-bond acceptors (Lipinski definition) is 5. The van der Waals surface area contributed by atoms with E-state index < -0.39 is 11.7 Å². The first-order chi connectivity index (χ1) is 22.5. The summed E-state index contributed by atoms with van der Waals surface area (Å²) < 4.78 is 18.9. The first-order valence-corrected chi connectivity index (χ1v) is 16.0. The van der Waals surface area contributed by atoms with Crippen LogP contribution in [-0.2, 0) is 43.5 Å². The molecule has 242 valence electrons. The third-order valence-corrected chi connectivity index (χ3v) is 8.65. The van der Waals surface area contributed by atoms with Crippen LogP contribution in [0, 0.1) is 5.82 Å². The van der Waals surface area contributed by atoms with Gasteiger partial charge in [0.2, 0.25) is 0 Å². The highest BCUT2D eigenvalue weighted by molar-refractivity contribution is 5.87. The monoisotopic (exact) mass is 635 g/mol. The minimum atomic E-state index is -0.672. The third kappa shape index (κ3) is 7.35. The number of carbonyl (C=O) groups excluding carboxylic acids is 2. The number of pyridine rings is 2. The molecule has 5 aromatic rings. The van der Waals surface area contributed by atoms with Crippen LogP contribution in [0.4, 0.5) is 9.18 Å². The fourth-order valence-electron chi connectivity index (χ4n) is 6.36. The number of hydrogen-bond donors (Lipinski definition) is 2. The molecule has 0 bridgehead atoms. The highest BCUT2D eigenvalue weighted by Crippen LogP contribution is 2.27. The number of aromatic amines is 2. The molecule has 2 aliphatic rings. The van der Waals surface area contributed by atoms with E-state index in [0.717, 1.165) is 59.5 Å². The van der Waals surface area contributed by atoms with E-state index in [4.69, 9.17) is 4.74 Å². The minimum absolute atomic E-state index is 0.0919. The molecular weight excluding hydrogens is 597 g/mol. The molecule has 47 heavy (non-hydrogen) atoms. The number of rotatable bonds is 5. The van der Waals surface area contributed by atoms with Crippen molar-refractivity contribution in [1.29, 1.82) is 0 Å². The molecule has 0 fully saturated rings. The van der Waals surface area contributed by atoms with Crippen molar-refractivity contribution >= 4 is 34.2 Å². The number of H-pyrrole nitrogens is 2. The standard InChI is InChI=1S/C25H27FN2O3.C13H11NO2/c1-25(2,3)31-24(30)28(14-16-7-9-21(26)10-8-16)15-20-12-19-11-17-5-4-6-18(17)13-22(19)27-23(20)29;15-7-11-5-10-4-8-2-1-3-9(8)6-12(10)14-13(11)16/h7-13H,4-6,14-15H2,1-3H3,(H,27,29);4-7H,1-3H2,(H,14,16). The first kappa shape index (κ1) is 31.9. The Morgan fingerprint density at radius 2 is 1.32 bits per heavy atom.